The van der Waals surface area contributed by atoms with Crippen molar-refractivity contribution >= 4 is 22.9 Å². The molecule has 0 bridgehead atoms. The van der Waals surface area contributed by atoms with Gasteiger partial charge in [-0.05, 0) is 42.8 Å². The molecule has 0 heterocycles. The smallest absolute Gasteiger partial charge is 0.271 e. The van der Waals surface area contributed by atoms with E-state index in [4.69, 9.17) is 9.47 Å². The Morgan fingerprint density at radius 2 is 1.78 bits per heavy atom. The predicted octanol–water partition coefficient (Wildman–Crippen LogP) is 4.40. The van der Waals surface area contributed by atoms with Crippen LogP contribution in [0.3, 0.4) is 0 Å². The molecule has 0 fully saturated rings. The molecule has 0 aliphatic carbocycles. The van der Waals surface area contributed by atoms with Gasteiger partial charge in [0.25, 0.3) is 5.91 Å². The van der Waals surface area contributed by atoms with E-state index in [1.165, 1.54) is 0 Å². The molecule has 0 aliphatic rings. The van der Waals surface area contributed by atoms with Crippen LogP contribution in [0, 0.1) is 0 Å². The molecule has 3 rings (SSSR count). The minimum atomic E-state index is -0.257. The Balaban J connectivity index is 1.77. The number of carbonyl (C=O) groups is 1. The summed E-state index contributed by atoms with van der Waals surface area (Å²) in [5.74, 6) is 1.14. The number of hydrogen-bond acceptors (Lipinski definition) is 4. The molecule has 0 saturated carbocycles. The fraction of sp³-hybridized carbons (Fsp3) is 0.182. The van der Waals surface area contributed by atoms with Crippen LogP contribution in [0.5, 0.6) is 11.5 Å². The van der Waals surface area contributed by atoms with Crippen molar-refractivity contribution in [3.05, 3.63) is 71.8 Å². The second kappa shape index (κ2) is 8.85. The summed E-state index contributed by atoms with van der Waals surface area (Å²) in [4.78, 5) is 12.5. The Bertz CT molecular complexity index is 961. The van der Waals surface area contributed by atoms with Gasteiger partial charge in [0.1, 0.15) is 11.5 Å². The van der Waals surface area contributed by atoms with Crippen molar-refractivity contribution in [3.8, 4) is 11.5 Å². The Kier molecular flexibility index (Phi) is 6.05. The molecule has 5 heteroatoms. The van der Waals surface area contributed by atoms with Gasteiger partial charge in [0.05, 0.1) is 19.4 Å². The van der Waals surface area contributed by atoms with Crippen molar-refractivity contribution in [1.29, 1.82) is 0 Å². The summed E-state index contributed by atoms with van der Waals surface area (Å²) in [5, 5.41) is 6.00. The maximum atomic E-state index is 12.5. The molecule has 0 unspecified atom stereocenters. The first-order valence-corrected chi connectivity index (χ1v) is 8.93. The van der Waals surface area contributed by atoms with E-state index in [1.54, 1.807) is 12.3 Å². The Morgan fingerprint density at radius 3 is 2.59 bits per heavy atom. The Morgan fingerprint density at radius 1 is 1.00 bits per heavy atom. The molecule has 0 radical (unpaired) electrons. The Hall–Kier alpha value is -3.34. The average molecular weight is 362 g/mol. The van der Waals surface area contributed by atoms with Crippen LogP contribution in [-0.4, -0.2) is 25.3 Å². The van der Waals surface area contributed by atoms with Crippen LogP contribution in [0.2, 0.25) is 0 Å². The van der Waals surface area contributed by atoms with Crippen molar-refractivity contribution in [2.45, 2.75) is 13.8 Å². The summed E-state index contributed by atoms with van der Waals surface area (Å²) in [5.41, 5.74) is 3.94. The molecule has 0 spiro atoms. The topological polar surface area (TPSA) is 59.9 Å². The van der Waals surface area contributed by atoms with E-state index >= 15 is 0 Å². The third-order valence-electron chi connectivity index (χ3n) is 4.00. The number of fused-ring (bicyclic) bond motifs is 1. The van der Waals surface area contributed by atoms with Gasteiger partial charge in [-0.1, -0.05) is 36.4 Å². The summed E-state index contributed by atoms with van der Waals surface area (Å²) >= 11 is 0. The van der Waals surface area contributed by atoms with Crippen LogP contribution in [-0.2, 0) is 0 Å². The first-order chi connectivity index (χ1) is 13.2. The fourth-order valence-corrected chi connectivity index (χ4v) is 2.80. The molecule has 0 saturated heterocycles. The van der Waals surface area contributed by atoms with Crippen molar-refractivity contribution in [2.75, 3.05) is 13.2 Å². The number of benzene rings is 3. The maximum Gasteiger partial charge on any atom is 0.271 e. The molecular weight excluding hydrogens is 340 g/mol. The number of nitrogens with one attached hydrogen (secondary N) is 1. The second-order valence-electron chi connectivity index (χ2n) is 5.79. The van der Waals surface area contributed by atoms with E-state index in [2.05, 4.69) is 10.5 Å². The summed E-state index contributed by atoms with van der Waals surface area (Å²) < 4.78 is 11.1. The molecule has 0 aromatic heterocycles. The zero-order chi connectivity index (χ0) is 19.1. The monoisotopic (exact) mass is 362 g/mol. The average Bonchev–Trinajstić information content (AvgIpc) is 2.69. The zero-order valence-electron chi connectivity index (χ0n) is 15.4. The maximum absolute atomic E-state index is 12.5. The van der Waals surface area contributed by atoms with Crippen LogP contribution in [0.25, 0.3) is 10.8 Å². The van der Waals surface area contributed by atoms with E-state index in [0.29, 0.717) is 24.5 Å². The van der Waals surface area contributed by atoms with E-state index in [1.807, 2.05) is 68.4 Å². The van der Waals surface area contributed by atoms with Crippen molar-refractivity contribution in [2.24, 2.45) is 5.10 Å². The number of nitrogens with zero attached hydrogens (tertiary/aromatic N) is 1. The third kappa shape index (κ3) is 4.44. The van der Waals surface area contributed by atoms with Crippen LogP contribution >= 0.6 is 0 Å². The van der Waals surface area contributed by atoms with Gasteiger partial charge in [0, 0.05) is 17.2 Å². The highest BCUT2D eigenvalue weighted by Gasteiger charge is 2.09. The van der Waals surface area contributed by atoms with E-state index in [0.717, 1.165) is 22.1 Å². The molecule has 0 atom stereocenters. The second-order valence-corrected chi connectivity index (χ2v) is 5.79. The summed E-state index contributed by atoms with van der Waals surface area (Å²) in [6.07, 6.45) is 1.57. The zero-order valence-corrected chi connectivity index (χ0v) is 15.4. The van der Waals surface area contributed by atoms with E-state index in [-0.39, 0.29) is 5.91 Å². The van der Waals surface area contributed by atoms with E-state index in [9.17, 15) is 4.79 Å². The highest BCUT2D eigenvalue weighted by Crippen LogP contribution is 2.24. The molecule has 1 N–H and O–H groups in total. The van der Waals surface area contributed by atoms with Gasteiger partial charge in [-0.15, -0.1) is 0 Å². The highest BCUT2D eigenvalue weighted by atomic mass is 16.5. The summed E-state index contributed by atoms with van der Waals surface area (Å²) in [7, 11) is 0. The van der Waals surface area contributed by atoms with Crippen LogP contribution in [0.15, 0.2) is 65.8 Å². The molecule has 27 heavy (non-hydrogen) atoms. The molecule has 138 valence electrons. The lowest BCUT2D eigenvalue weighted by Crippen LogP contribution is -2.18. The standard InChI is InChI=1S/C22H22N2O3/c1-3-26-18-13-12-17(21(14-18)27-4-2)15-23-24-22(25)20-11-7-9-16-8-5-6-10-19(16)20/h5-15H,3-4H2,1-2H3,(H,24,25)/b23-15+. The number of ether oxygens (including phenoxy) is 2. The number of amides is 1. The molecular formula is C22H22N2O3. The minimum Gasteiger partial charge on any atom is -0.494 e. The lowest BCUT2D eigenvalue weighted by Gasteiger charge is -2.10. The van der Waals surface area contributed by atoms with Gasteiger partial charge in [-0.2, -0.15) is 5.10 Å². The van der Waals surface area contributed by atoms with Gasteiger partial charge < -0.3 is 9.47 Å². The third-order valence-corrected chi connectivity index (χ3v) is 4.00. The Labute approximate surface area is 158 Å². The van der Waals surface area contributed by atoms with Crippen LogP contribution < -0.4 is 14.9 Å². The van der Waals surface area contributed by atoms with E-state index < -0.39 is 0 Å². The molecule has 3 aromatic carbocycles. The van der Waals surface area contributed by atoms with Crippen LogP contribution in [0.4, 0.5) is 0 Å². The quantitative estimate of drug-likeness (QED) is 0.500. The fourth-order valence-electron chi connectivity index (χ4n) is 2.80. The summed E-state index contributed by atoms with van der Waals surface area (Å²) in [6.45, 7) is 4.95. The minimum absolute atomic E-state index is 0.257. The molecule has 1 amide bonds. The van der Waals surface area contributed by atoms with Crippen molar-refractivity contribution in [3.63, 3.8) is 0 Å². The number of hydrogen-bond donors (Lipinski definition) is 1. The lowest BCUT2D eigenvalue weighted by atomic mass is 10.0. The summed E-state index contributed by atoms with van der Waals surface area (Å²) in [6, 6.07) is 18.9. The number of carbonyl (C=O) groups excluding carboxylic acids is 1. The van der Waals surface area contributed by atoms with Gasteiger partial charge >= 0.3 is 0 Å². The number of rotatable bonds is 7. The first-order valence-electron chi connectivity index (χ1n) is 8.93. The predicted molar refractivity (Wildman–Crippen MR) is 108 cm³/mol. The molecule has 3 aromatic rings. The lowest BCUT2D eigenvalue weighted by molar-refractivity contribution is 0.0957. The van der Waals surface area contributed by atoms with Crippen molar-refractivity contribution in [1.82, 2.24) is 5.43 Å². The molecule has 5 nitrogen and oxygen atoms in total. The van der Waals surface area contributed by atoms with Gasteiger partial charge in [-0.3, -0.25) is 4.79 Å². The highest BCUT2D eigenvalue weighted by molar-refractivity contribution is 6.07. The van der Waals surface area contributed by atoms with Gasteiger partial charge in [-0.25, -0.2) is 5.43 Å². The van der Waals surface area contributed by atoms with Gasteiger partial charge in [0.2, 0.25) is 0 Å². The van der Waals surface area contributed by atoms with Crippen molar-refractivity contribution < 1.29 is 14.3 Å². The number of hydrazone groups is 1. The SMILES string of the molecule is CCOc1ccc(/C=N/NC(=O)c2cccc3ccccc23)c(OCC)c1. The molecule has 0 aliphatic heterocycles. The first kappa shape index (κ1) is 18.5. The van der Waals surface area contributed by atoms with Gasteiger partial charge in [0.15, 0.2) is 0 Å². The largest absolute Gasteiger partial charge is 0.494 e. The normalized spacial score (nSPS) is 10.9. The van der Waals surface area contributed by atoms with Crippen LogP contribution in [0.1, 0.15) is 29.8 Å².